The zero-order valence-electron chi connectivity index (χ0n) is 10.00. The van der Waals surface area contributed by atoms with Gasteiger partial charge < -0.3 is 0 Å². The fourth-order valence-corrected chi connectivity index (χ4v) is 1.40. The van der Waals surface area contributed by atoms with Crippen molar-refractivity contribution in [2.75, 3.05) is 0 Å². The molecule has 0 aliphatic rings. The molecule has 0 amide bonds. The van der Waals surface area contributed by atoms with Gasteiger partial charge in [0.25, 0.3) is 5.56 Å². The van der Waals surface area contributed by atoms with Gasteiger partial charge in [0.2, 0.25) is 0 Å². The Morgan fingerprint density at radius 1 is 1.29 bits per heavy atom. The maximum atomic E-state index is 13.3. The minimum Gasteiger partial charge on any atom is -0.299 e. The van der Waals surface area contributed by atoms with Gasteiger partial charge in [0, 0.05) is 6.54 Å². The predicted molar refractivity (Wildman–Crippen MR) is 62.9 cm³/mol. The first-order chi connectivity index (χ1) is 8.15. The molecule has 0 atom stereocenters. The zero-order chi connectivity index (χ0) is 13.0. The summed E-state index contributed by atoms with van der Waals surface area (Å²) in [5.74, 6) is -2.16. The van der Waals surface area contributed by atoms with Crippen LogP contribution >= 0.6 is 0 Å². The number of rotatable bonds is 1. The lowest BCUT2D eigenvalue weighted by atomic mass is 10.2. The monoisotopic (exact) mass is 240 g/mol. The summed E-state index contributed by atoms with van der Waals surface area (Å²) in [6.07, 6.45) is 1.32. The number of hydrogen-bond acceptors (Lipinski definition) is 2. The number of hydrogen-bond donors (Lipinski definition) is 0. The maximum Gasteiger partial charge on any atom is 0.264 e. The van der Waals surface area contributed by atoms with Crippen molar-refractivity contribution in [1.29, 1.82) is 0 Å². The molecular formula is C12H14F2N2O. The average Bonchev–Trinajstić information content (AvgIpc) is 2.36. The van der Waals surface area contributed by atoms with E-state index in [0.717, 1.165) is 6.07 Å². The molecule has 17 heavy (non-hydrogen) atoms. The molecular weight excluding hydrogens is 226 g/mol. The van der Waals surface area contributed by atoms with Gasteiger partial charge in [-0.05, 0) is 19.1 Å². The van der Waals surface area contributed by atoms with Crippen LogP contribution in [-0.2, 0) is 6.54 Å². The minimum atomic E-state index is -1.13. The molecule has 0 saturated heterocycles. The van der Waals surface area contributed by atoms with Crippen molar-refractivity contribution in [2.24, 2.45) is 0 Å². The van der Waals surface area contributed by atoms with E-state index in [2.05, 4.69) is 4.98 Å². The van der Waals surface area contributed by atoms with Crippen molar-refractivity contribution < 1.29 is 8.78 Å². The Bertz CT molecular complexity index is 578. The number of nitrogens with zero attached hydrogens (tertiary/aromatic N) is 2. The highest BCUT2D eigenvalue weighted by Crippen LogP contribution is 2.14. The summed E-state index contributed by atoms with van der Waals surface area (Å²) in [4.78, 5) is 15.5. The molecule has 0 spiro atoms. The average molecular weight is 240 g/mol. The first kappa shape index (κ1) is 13.3. The highest BCUT2D eigenvalue weighted by molar-refractivity contribution is 5.77. The molecule has 0 N–H and O–H groups in total. The van der Waals surface area contributed by atoms with Crippen LogP contribution < -0.4 is 5.56 Å². The van der Waals surface area contributed by atoms with Crippen LogP contribution in [0.1, 0.15) is 20.8 Å². The number of benzene rings is 1. The number of aryl methyl sites for hydroxylation is 1. The van der Waals surface area contributed by atoms with Gasteiger partial charge in [-0.1, -0.05) is 13.8 Å². The summed E-state index contributed by atoms with van der Waals surface area (Å²) in [7, 11) is 0. The molecule has 0 bridgehead atoms. The van der Waals surface area contributed by atoms with Crippen LogP contribution in [0.2, 0.25) is 0 Å². The third-order valence-corrected chi connectivity index (χ3v) is 2.22. The molecule has 3 nitrogen and oxygen atoms in total. The number of aromatic nitrogens is 2. The largest absolute Gasteiger partial charge is 0.299 e. The van der Waals surface area contributed by atoms with E-state index in [0.29, 0.717) is 6.54 Å². The molecule has 1 aromatic heterocycles. The van der Waals surface area contributed by atoms with Crippen molar-refractivity contribution in [1.82, 2.24) is 9.55 Å². The molecule has 1 aromatic carbocycles. The third kappa shape index (κ3) is 2.33. The van der Waals surface area contributed by atoms with E-state index < -0.39 is 17.2 Å². The lowest BCUT2D eigenvalue weighted by Crippen LogP contribution is -2.20. The van der Waals surface area contributed by atoms with Crippen molar-refractivity contribution >= 4 is 10.9 Å². The molecule has 92 valence electrons. The zero-order valence-corrected chi connectivity index (χ0v) is 10.00. The SMILES string of the molecule is CC.CCn1cnc2ccc(F)c(F)c2c1=O. The maximum absolute atomic E-state index is 13.3. The van der Waals surface area contributed by atoms with E-state index in [1.165, 1.54) is 17.0 Å². The highest BCUT2D eigenvalue weighted by atomic mass is 19.2. The van der Waals surface area contributed by atoms with E-state index >= 15 is 0 Å². The highest BCUT2D eigenvalue weighted by Gasteiger charge is 2.12. The van der Waals surface area contributed by atoms with Gasteiger partial charge in [0.05, 0.1) is 11.8 Å². The van der Waals surface area contributed by atoms with E-state index in [-0.39, 0.29) is 10.9 Å². The quantitative estimate of drug-likeness (QED) is 0.768. The minimum absolute atomic E-state index is 0.170. The fraction of sp³-hybridized carbons (Fsp3) is 0.333. The predicted octanol–water partition coefficient (Wildman–Crippen LogP) is 2.72. The normalized spacial score (nSPS) is 9.94. The van der Waals surface area contributed by atoms with Crippen LogP contribution in [0, 0.1) is 11.6 Å². The van der Waals surface area contributed by atoms with Crippen molar-refractivity contribution in [3.05, 3.63) is 40.4 Å². The Kier molecular flexibility index (Phi) is 4.31. The van der Waals surface area contributed by atoms with Crippen molar-refractivity contribution in [3.8, 4) is 0 Å². The summed E-state index contributed by atoms with van der Waals surface area (Å²) in [5, 5.41) is -0.292. The molecule has 0 saturated carbocycles. The number of halogens is 2. The second-order valence-electron chi connectivity index (χ2n) is 3.09. The summed E-state index contributed by atoms with van der Waals surface area (Å²) >= 11 is 0. The Morgan fingerprint density at radius 2 is 1.94 bits per heavy atom. The Labute approximate surface area is 97.7 Å². The molecule has 2 rings (SSSR count). The van der Waals surface area contributed by atoms with Gasteiger partial charge in [0.1, 0.15) is 5.39 Å². The van der Waals surface area contributed by atoms with Crippen LogP contribution in [0.4, 0.5) is 8.78 Å². The molecule has 2 aromatic rings. The fourth-order valence-electron chi connectivity index (χ4n) is 1.40. The molecule has 0 radical (unpaired) electrons. The van der Waals surface area contributed by atoms with E-state index in [4.69, 9.17) is 0 Å². The van der Waals surface area contributed by atoms with Crippen LogP contribution in [0.25, 0.3) is 10.9 Å². The molecule has 0 aliphatic carbocycles. The summed E-state index contributed by atoms with van der Waals surface area (Å²) in [6, 6.07) is 2.25. The third-order valence-electron chi connectivity index (χ3n) is 2.22. The Hall–Kier alpha value is -1.78. The number of fused-ring (bicyclic) bond motifs is 1. The molecule has 0 aliphatic heterocycles. The summed E-state index contributed by atoms with van der Waals surface area (Å²) in [6.45, 7) is 6.10. The molecule has 5 heteroatoms. The summed E-state index contributed by atoms with van der Waals surface area (Å²) in [5.41, 5.74) is -0.386. The first-order valence-corrected chi connectivity index (χ1v) is 5.48. The van der Waals surface area contributed by atoms with Crippen LogP contribution in [0.3, 0.4) is 0 Å². The molecule has 0 fully saturated rings. The van der Waals surface area contributed by atoms with Gasteiger partial charge in [0.15, 0.2) is 11.6 Å². The van der Waals surface area contributed by atoms with Gasteiger partial charge in [-0.3, -0.25) is 9.36 Å². The van der Waals surface area contributed by atoms with Gasteiger partial charge in [-0.2, -0.15) is 0 Å². The van der Waals surface area contributed by atoms with Gasteiger partial charge in [-0.25, -0.2) is 13.8 Å². The van der Waals surface area contributed by atoms with E-state index in [1.54, 1.807) is 6.92 Å². The first-order valence-electron chi connectivity index (χ1n) is 5.48. The van der Waals surface area contributed by atoms with Crippen LogP contribution in [0.15, 0.2) is 23.3 Å². The second kappa shape index (κ2) is 5.52. The van der Waals surface area contributed by atoms with E-state index in [1.807, 2.05) is 13.8 Å². The van der Waals surface area contributed by atoms with Gasteiger partial charge >= 0.3 is 0 Å². The molecule has 0 unspecified atom stereocenters. The van der Waals surface area contributed by atoms with Crippen LogP contribution in [0.5, 0.6) is 0 Å². The van der Waals surface area contributed by atoms with Crippen molar-refractivity contribution in [2.45, 2.75) is 27.3 Å². The van der Waals surface area contributed by atoms with Gasteiger partial charge in [-0.15, -0.1) is 0 Å². The lowest BCUT2D eigenvalue weighted by molar-refractivity contribution is 0.515. The smallest absolute Gasteiger partial charge is 0.264 e. The van der Waals surface area contributed by atoms with E-state index in [9.17, 15) is 13.6 Å². The van der Waals surface area contributed by atoms with Crippen molar-refractivity contribution in [3.63, 3.8) is 0 Å². The Morgan fingerprint density at radius 3 is 2.53 bits per heavy atom. The summed E-state index contributed by atoms with van der Waals surface area (Å²) < 4.78 is 27.5. The molecule has 1 heterocycles. The Balaban J connectivity index is 0.000000686. The lowest BCUT2D eigenvalue weighted by Gasteiger charge is -2.03. The standard InChI is InChI=1S/C10H8F2N2O.C2H6/c1-2-14-5-13-7-4-3-6(11)9(12)8(7)10(14)15;1-2/h3-5H,2H2,1H3;1-2H3. The topological polar surface area (TPSA) is 34.9 Å². The second-order valence-corrected chi connectivity index (χ2v) is 3.09. The van der Waals surface area contributed by atoms with Crippen LogP contribution in [-0.4, -0.2) is 9.55 Å².